The summed E-state index contributed by atoms with van der Waals surface area (Å²) in [4.78, 5) is 1.65. The van der Waals surface area contributed by atoms with Gasteiger partial charge in [-0.2, -0.15) is 0 Å². The molecule has 2 heteroatoms. The zero-order valence-corrected chi connectivity index (χ0v) is 12.1. The van der Waals surface area contributed by atoms with Crippen LogP contribution in [0.2, 0.25) is 0 Å². The molecule has 0 bridgehead atoms. The Morgan fingerprint density at radius 1 is 1.41 bits per heavy atom. The van der Waals surface area contributed by atoms with Crippen LogP contribution in [-0.4, -0.2) is 13.1 Å². The Balaban J connectivity index is 1.91. The maximum absolute atomic E-state index is 3.64. The molecule has 2 unspecified atom stereocenters. The minimum atomic E-state index is 0.762. The highest BCUT2D eigenvalue weighted by molar-refractivity contribution is 7.10. The predicted octanol–water partition coefficient (Wildman–Crippen LogP) is 4.19. The van der Waals surface area contributed by atoms with Crippen LogP contribution in [0.5, 0.6) is 0 Å². The van der Waals surface area contributed by atoms with Gasteiger partial charge in [-0.25, -0.2) is 0 Å². The fourth-order valence-corrected chi connectivity index (χ4v) is 4.11. The Labute approximate surface area is 110 Å². The van der Waals surface area contributed by atoms with Crippen LogP contribution < -0.4 is 5.32 Å². The van der Waals surface area contributed by atoms with Gasteiger partial charge in [0, 0.05) is 4.88 Å². The summed E-state index contributed by atoms with van der Waals surface area (Å²) < 4.78 is 0. The van der Waals surface area contributed by atoms with E-state index in [0.29, 0.717) is 0 Å². The van der Waals surface area contributed by atoms with Gasteiger partial charge < -0.3 is 5.32 Å². The standard InChI is InChI=1S/C15H25NS/c1-11(2)9-16-10-13-5-4-6-14(13)15-12(3)7-8-17-15/h7-8,11,13-14,16H,4-6,9-10H2,1-3H3. The Morgan fingerprint density at radius 3 is 2.88 bits per heavy atom. The van der Waals surface area contributed by atoms with Crippen LogP contribution in [0.1, 0.15) is 49.5 Å². The minimum Gasteiger partial charge on any atom is -0.316 e. The van der Waals surface area contributed by atoms with Crippen molar-refractivity contribution in [2.45, 2.75) is 46.0 Å². The first kappa shape index (κ1) is 13.1. The monoisotopic (exact) mass is 251 g/mol. The van der Waals surface area contributed by atoms with Crippen molar-refractivity contribution >= 4 is 11.3 Å². The molecule has 2 rings (SSSR count). The van der Waals surface area contributed by atoms with Crippen LogP contribution in [0.3, 0.4) is 0 Å². The van der Waals surface area contributed by atoms with Gasteiger partial charge in [0.05, 0.1) is 0 Å². The highest BCUT2D eigenvalue weighted by atomic mass is 32.1. The molecule has 1 nitrogen and oxygen atoms in total. The van der Waals surface area contributed by atoms with E-state index < -0.39 is 0 Å². The zero-order valence-electron chi connectivity index (χ0n) is 11.3. The number of nitrogens with one attached hydrogen (secondary N) is 1. The molecule has 1 aromatic rings. The molecule has 0 saturated heterocycles. The smallest absolute Gasteiger partial charge is 0.0109 e. The van der Waals surface area contributed by atoms with Gasteiger partial charge in [-0.05, 0) is 67.6 Å². The molecule has 1 fully saturated rings. The molecule has 1 saturated carbocycles. The molecule has 17 heavy (non-hydrogen) atoms. The zero-order chi connectivity index (χ0) is 12.3. The Morgan fingerprint density at radius 2 is 2.24 bits per heavy atom. The summed E-state index contributed by atoms with van der Waals surface area (Å²) in [7, 11) is 0. The van der Waals surface area contributed by atoms with Crippen molar-refractivity contribution in [2.24, 2.45) is 11.8 Å². The molecule has 0 amide bonds. The average Bonchev–Trinajstić information content (AvgIpc) is 2.86. The van der Waals surface area contributed by atoms with E-state index in [1.165, 1.54) is 31.4 Å². The summed E-state index contributed by atoms with van der Waals surface area (Å²) in [6.07, 6.45) is 4.22. The molecule has 1 aliphatic carbocycles. The number of rotatable bonds is 5. The van der Waals surface area contributed by atoms with Crippen molar-refractivity contribution in [3.63, 3.8) is 0 Å². The maximum Gasteiger partial charge on any atom is 0.0109 e. The van der Waals surface area contributed by atoms with Crippen LogP contribution in [0, 0.1) is 18.8 Å². The molecule has 0 spiro atoms. The van der Waals surface area contributed by atoms with Crippen molar-refractivity contribution in [1.29, 1.82) is 0 Å². The molecule has 1 N–H and O–H groups in total. The third-order valence-electron chi connectivity index (χ3n) is 3.86. The lowest BCUT2D eigenvalue weighted by molar-refractivity contribution is 0.427. The summed E-state index contributed by atoms with van der Waals surface area (Å²) >= 11 is 1.96. The average molecular weight is 251 g/mol. The van der Waals surface area contributed by atoms with Gasteiger partial charge in [0.1, 0.15) is 0 Å². The Hall–Kier alpha value is -0.340. The van der Waals surface area contributed by atoms with Crippen LogP contribution in [-0.2, 0) is 0 Å². The third-order valence-corrected chi connectivity index (χ3v) is 5.01. The molecule has 1 aromatic heterocycles. The highest BCUT2D eigenvalue weighted by Crippen LogP contribution is 2.42. The quantitative estimate of drug-likeness (QED) is 0.827. The van der Waals surface area contributed by atoms with Gasteiger partial charge in [-0.1, -0.05) is 20.3 Å². The second-order valence-corrected chi connectivity index (χ2v) is 6.77. The van der Waals surface area contributed by atoms with Crippen molar-refractivity contribution in [3.05, 3.63) is 21.9 Å². The van der Waals surface area contributed by atoms with Crippen LogP contribution in [0.15, 0.2) is 11.4 Å². The van der Waals surface area contributed by atoms with E-state index in [1.807, 2.05) is 11.3 Å². The van der Waals surface area contributed by atoms with Crippen LogP contribution >= 0.6 is 11.3 Å². The molecule has 1 aliphatic rings. The highest BCUT2D eigenvalue weighted by Gasteiger charge is 2.29. The molecule has 0 aromatic carbocycles. The summed E-state index contributed by atoms with van der Waals surface area (Å²) in [6, 6.07) is 2.27. The number of aryl methyl sites for hydroxylation is 1. The molecule has 2 atom stereocenters. The lowest BCUT2D eigenvalue weighted by Gasteiger charge is -2.20. The van der Waals surface area contributed by atoms with Crippen molar-refractivity contribution < 1.29 is 0 Å². The van der Waals surface area contributed by atoms with Crippen LogP contribution in [0.25, 0.3) is 0 Å². The van der Waals surface area contributed by atoms with Crippen molar-refractivity contribution in [2.75, 3.05) is 13.1 Å². The summed E-state index contributed by atoms with van der Waals surface area (Å²) in [6.45, 7) is 9.20. The fourth-order valence-electron chi connectivity index (χ4n) is 2.95. The molecule has 96 valence electrons. The second kappa shape index (κ2) is 6.01. The van der Waals surface area contributed by atoms with E-state index in [0.717, 1.165) is 24.3 Å². The number of hydrogen-bond acceptors (Lipinski definition) is 2. The largest absolute Gasteiger partial charge is 0.316 e. The Kier molecular flexibility index (Phi) is 4.63. The first-order valence-corrected chi connectivity index (χ1v) is 7.81. The van der Waals surface area contributed by atoms with Gasteiger partial charge in [-0.3, -0.25) is 0 Å². The lowest BCUT2D eigenvalue weighted by atomic mass is 9.92. The molecule has 0 radical (unpaired) electrons. The summed E-state index contributed by atoms with van der Waals surface area (Å²) in [5.74, 6) is 2.46. The van der Waals surface area contributed by atoms with E-state index >= 15 is 0 Å². The molecule has 1 heterocycles. The SMILES string of the molecule is Cc1ccsc1C1CCCC1CNCC(C)C. The first-order valence-electron chi connectivity index (χ1n) is 6.93. The maximum atomic E-state index is 3.64. The Bertz CT molecular complexity index is 342. The van der Waals surface area contributed by atoms with Crippen molar-refractivity contribution in [3.8, 4) is 0 Å². The van der Waals surface area contributed by atoms with E-state index in [4.69, 9.17) is 0 Å². The van der Waals surface area contributed by atoms with E-state index in [2.05, 4.69) is 37.5 Å². The number of thiophene rings is 1. The van der Waals surface area contributed by atoms with Crippen LogP contribution in [0.4, 0.5) is 0 Å². The third kappa shape index (κ3) is 3.32. The van der Waals surface area contributed by atoms with Crippen molar-refractivity contribution in [1.82, 2.24) is 5.32 Å². The van der Waals surface area contributed by atoms with Gasteiger partial charge in [0.25, 0.3) is 0 Å². The van der Waals surface area contributed by atoms with E-state index in [-0.39, 0.29) is 0 Å². The van der Waals surface area contributed by atoms with Gasteiger partial charge in [0.2, 0.25) is 0 Å². The van der Waals surface area contributed by atoms with Gasteiger partial charge in [0.15, 0.2) is 0 Å². The topological polar surface area (TPSA) is 12.0 Å². The van der Waals surface area contributed by atoms with Gasteiger partial charge in [-0.15, -0.1) is 11.3 Å². The van der Waals surface area contributed by atoms with E-state index in [1.54, 1.807) is 4.88 Å². The number of hydrogen-bond donors (Lipinski definition) is 1. The first-order chi connectivity index (χ1) is 8.18. The van der Waals surface area contributed by atoms with E-state index in [9.17, 15) is 0 Å². The van der Waals surface area contributed by atoms with Gasteiger partial charge >= 0.3 is 0 Å². The molecular formula is C15H25NS. The second-order valence-electron chi connectivity index (χ2n) is 5.82. The lowest BCUT2D eigenvalue weighted by Crippen LogP contribution is -2.27. The molecule has 0 aliphatic heterocycles. The summed E-state index contributed by atoms with van der Waals surface area (Å²) in [5.41, 5.74) is 1.51. The molecular weight excluding hydrogens is 226 g/mol. The predicted molar refractivity (Wildman–Crippen MR) is 76.8 cm³/mol. The fraction of sp³-hybridized carbons (Fsp3) is 0.733. The summed E-state index contributed by atoms with van der Waals surface area (Å²) in [5, 5.41) is 5.89. The normalized spacial score (nSPS) is 24.7. The minimum absolute atomic E-state index is 0.762.